The van der Waals surface area contributed by atoms with Gasteiger partial charge >= 0.3 is 0 Å². The van der Waals surface area contributed by atoms with Crippen molar-refractivity contribution >= 4 is 0 Å². The Morgan fingerprint density at radius 2 is 1.90 bits per heavy atom. The first-order chi connectivity index (χ1) is 9.80. The molecule has 110 valence electrons. The molecule has 1 N–H and O–H groups in total. The Balaban J connectivity index is 2.33. The first kappa shape index (κ1) is 16.6. The normalized spacial score (nSPS) is 11.8. The van der Waals surface area contributed by atoms with Crippen LogP contribution in [0.15, 0.2) is 24.3 Å². The number of ether oxygens (including phenoxy) is 1. The maximum absolute atomic E-state index is 5.70. The molecule has 0 amide bonds. The predicted octanol–water partition coefficient (Wildman–Crippen LogP) is 4.15. The Hall–Kier alpha value is -1.46. The van der Waals surface area contributed by atoms with Crippen molar-refractivity contribution < 1.29 is 4.74 Å². The van der Waals surface area contributed by atoms with Gasteiger partial charge in [-0.3, -0.25) is 5.32 Å². The number of nitrogens with one attached hydrogen (secondary N) is 1. The molecule has 2 nitrogen and oxygen atoms in total. The van der Waals surface area contributed by atoms with Crippen molar-refractivity contribution in [3.8, 4) is 18.1 Å². The van der Waals surface area contributed by atoms with Crippen molar-refractivity contribution in [2.24, 2.45) is 0 Å². The SMILES string of the molecule is C#CC(CCC)NCc1ccc(OCCCCC)cc1. The maximum Gasteiger partial charge on any atom is 0.119 e. The van der Waals surface area contributed by atoms with Crippen LogP contribution in [0.3, 0.4) is 0 Å². The van der Waals surface area contributed by atoms with Gasteiger partial charge in [0.2, 0.25) is 0 Å². The summed E-state index contributed by atoms with van der Waals surface area (Å²) >= 11 is 0. The zero-order valence-corrected chi connectivity index (χ0v) is 12.8. The van der Waals surface area contributed by atoms with Gasteiger partial charge in [-0.05, 0) is 30.5 Å². The summed E-state index contributed by atoms with van der Waals surface area (Å²) in [5.74, 6) is 3.74. The number of unbranched alkanes of at least 4 members (excludes halogenated alkanes) is 2. The van der Waals surface area contributed by atoms with E-state index in [0.29, 0.717) is 0 Å². The third-order valence-electron chi connectivity index (χ3n) is 3.27. The van der Waals surface area contributed by atoms with E-state index in [1.54, 1.807) is 0 Å². The minimum atomic E-state index is 0.171. The third-order valence-corrected chi connectivity index (χ3v) is 3.27. The van der Waals surface area contributed by atoms with Crippen LogP contribution in [0.5, 0.6) is 5.75 Å². The van der Waals surface area contributed by atoms with Crippen LogP contribution >= 0.6 is 0 Å². The summed E-state index contributed by atoms with van der Waals surface area (Å²) in [7, 11) is 0. The van der Waals surface area contributed by atoms with Gasteiger partial charge in [-0.1, -0.05) is 51.2 Å². The molecule has 0 radical (unpaired) electrons. The largest absolute Gasteiger partial charge is 0.494 e. The van der Waals surface area contributed by atoms with Crippen molar-refractivity contribution in [1.82, 2.24) is 5.32 Å². The second-order valence-corrected chi connectivity index (χ2v) is 5.09. The minimum absolute atomic E-state index is 0.171. The zero-order valence-electron chi connectivity index (χ0n) is 12.8. The molecule has 0 fully saturated rings. The Bertz CT molecular complexity index is 391. The van der Waals surface area contributed by atoms with Crippen LogP contribution in [0.2, 0.25) is 0 Å². The molecule has 0 spiro atoms. The van der Waals surface area contributed by atoms with Gasteiger partial charge in [0.05, 0.1) is 12.6 Å². The summed E-state index contributed by atoms with van der Waals surface area (Å²) in [6, 6.07) is 8.44. The van der Waals surface area contributed by atoms with Crippen molar-refractivity contribution in [3.63, 3.8) is 0 Å². The molecule has 0 aliphatic heterocycles. The molecular weight excluding hydrogens is 246 g/mol. The van der Waals surface area contributed by atoms with Crippen LogP contribution in [0.25, 0.3) is 0 Å². The van der Waals surface area contributed by atoms with Crippen LogP contribution in [0.1, 0.15) is 51.5 Å². The van der Waals surface area contributed by atoms with Gasteiger partial charge in [0, 0.05) is 6.54 Å². The lowest BCUT2D eigenvalue weighted by atomic mass is 10.1. The fraction of sp³-hybridized carbons (Fsp3) is 0.556. The van der Waals surface area contributed by atoms with E-state index >= 15 is 0 Å². The van der Waals surface area contributed by atoms with E-state index in [1.165, 1.54) is 18.4 Å². The number of hydrogen-bond donors (Lipinski definition) is 1. The van der Waals surface area contributed by atoms with Crippen LogP contribution in [-0.4, -0.2) is 12.6 Å². The maximum atomic E-state index is 5.70. The van der Waals surface area contributed by atoms with Gasteiger partial charge in [0.1, 0.15) is 5.75 Å². The molecule has 1 rings (SSSR count). The Morgan fingerprint density at radius 1 is 1.15 bits per heavy atom. The second-order valence-electron chi connectivity index (χ2n) is 5.09. The molecule has 0 saturated carbocycles. The summed E-state index contributed by atoms with van der Waals surface area (Å²) in [5, 5.41) is 3.39. The standard InChI is InChI=1S/C18H27NO/c1-4-7-8-14-20-18-12-10-16(11-13-18)15-19-17(6-3)9-5-2/h3,10-13,17,19H,4-5,7-9,14-15H2,1-2H3. The van der Waals surface area contributed by atoms with E-state index < -0.39 is 0 Å². The molecule has 0 aromatic heterocycles. The molecule has 0 heterocycles. The highest BCUT2D eigenvalue weighted by atomic mass is 16.5. The molecule has 0 saturated heterocycles. The molecule has 0 bridgehead atoms. The molecule has 1 aromatic carbocycles. The number of hydrogen-bond acceptors (Lipinski definition) is 2. The Morgan fingerprint density at radius 3 is 2.50 bits per heavy atom. The number of terminal acetylenes is 1. The first-order valence-corrected chi connectivity index (χ1v) is 7.71. The molecular formula is C18H27NO. The summed E-state index contributed by atoms with van der Waals surface area (Å²) in [6.07, 6.45) is 11.2. The van der Waals surface area contributed by atoms with Crippen molar-refractivity contribution in [1.29, 1.82) is 0 Å². The molecule has 2 heteroatoms. The van der Waals surface area contributed by atoms with Crippen LogP contribution in [-0.2, 0) is 6.54 Å². The average molecular weight is 273 g/mol. The molecule has 1 unspecified atom stereocenters. The number of rotatable bonds is 10. The quantitative estimate of drug-likeness (QED) is 0.511. The van der Waals surface area contributed by atoms with E-state index in [4.69, 9.17) is 11.2 Å². The fourth-order valence-electron chi connectivity index (χ4n) is 2.02. The second kappa shape index (κ2) is 10.3. The van der Waals surface area contributed by atoms with Crippen molar-refractivity contribution in [3.05, 3.63) is 29.8 Å². The highest BCUT2D eigenvalue weighted by Gasteiger charge is 2.02. The summed E-state index contributed by atoms with van der Waals surface area (Å²) in [5.41, 5.74) is 1.24. The molecule has 0 aliphatic rings. The Kier molecular flexibility index (Phi) is 8.58. The van der Waals surface area contributed by atoms with Crippen molar-refractivity contribution in [2.45, 2.75) is 58.5 Å². The predicted molar refractivity (Wildman–Crippen MR) is 85.8 cm³/mol. The minimum Gasteiger partial charge on any atom is -0.494 e. The number of benzene rings is 1. The van der Waals surface area contributed by atoms with Crippen LogP contribution < -0.4 is 10.1 Å². The first-order valence-electron chi connectivity index (χ1n) is 7.71. The monoisotopic (exact) mass is 273 g/mol. The lowest BCUT2D eigenvalue weighted by Gasteiger charge is -2.12. The van der Waals surface area contributed by atoms with Crippen LogP contribution in [0, 0.1) is 12.3 Å². The van der Waals surface area contributed by atoms with E-state index in [9.17, 15) is 0 Å². The third kappa shape index (κ3) is 6.63. The van der Waals surface area contributed by atoms with Gasteiger partial charge in [-0.25, -0.2) is 0 Å². The molecule has 0 aliphatic carbocycles. The van der Waals surface area contributed by atoms with E-state index in [-0.39, 0.29) is 6.04 Å². The fourth-order valence-corrected chi connectivity index (χ4v) is 2.02. The van der Waals surface area contributed by atoms with Gasteiger partial charge in [0.15, 0.2) is 0 Å². The lowest BCUT2D eigenvalue weighted by Crippen LogP contribution is -2.26. The van der Waals surface area contributed by atoms with Gasteiger partial charge in [-0.2, -0.15) is 0 Å². The lowest BCUT2D eigenvalue weighted by molar-refractivity contribution is 0.306. The van der Waals surface area contributed by atoms with Gasteiger partial charge in [-0.15, -0.1) is 6.42 Å². The van der Waals surface area contributed by atoms with E-state index in [2.05, 4.69) is 37.2 Å². The van der Waals surface area contributed by atoms with E-state index in [0.717, 1.165) is 38.2 Å². The highest BCUT2D eigenvalue weighted by Crippen LogP contribution is 2.13. The Labute approximate surface area is 123 Å². The average Bonchev–Trinajstić information content (AvgIpc) is 2.49. The summed E-state index contributed by atoms with van der Waals surface area (Å²) in [4.78, 5) is 0. The van der Waals surface area contributed by atoms with Crippen molar-refractivity contribution in [2.75, 3.05) is 6.61 Å². The van der Waals surface area contributed by atoms with Gasteiger partial charge < -0.3 is 4.74 Å². The smallest absolute Gasteiger partial charge is 0.119 e. The highest BCUT2D eigenvalue weighted by molar-refractivity contribution is 5.27. The molecule has 1 aromatic rings. The zero-order chi connectivity index (χ0) is 14.6. The summed E-state index contributed by atoms with van der Waals surface area (Å²) in [6.45, 7) is 5.96. The van der Waals surface area contributed by atoms with Crippen LogP contribution in [0.4, 0.5) is 0 Å². The van der Waals surface area contributed by atoms with E-state index in [1.807, 2.05) is 12.1 Å². The topological polar surface area (TPSA) is 21.3 Å². The molecule has 1 atom stereocenters. The molecule has 20 heavy (non-hydrogen) atoms. The summed E-state index contributed by atoms with van der Waals surface area (Å²) < 4.78 is 5.70. The van der Waals surface area contributed by atoms with Gasteiger partial charge in [0.25, 0.3) is 0 Å².